The first-order chi connectivity index (χ1) is 4.74. The minimum atomic E-state index is -1.29. The quantitative estimate of drug-likeness (QED) is 0.557. The van der Waals surface area contributed by atoms with Crippen LogP contribution < -0.4 is 0 Å². The molecule has 1 rings (SSSR count). The lowest BCUT2D eigenvalue weighted by Crippen LogP contribution is -2.05. The molecule has 0 saturated carbocycles. The molecule has 4 heteroatoms. The third kappa shape index (κ3) is 1.26. The van der Waals surface area contributed by atoms with E-state index in [-0.39, 0.29) is 6.42 Å². The van der Waals surface area contributed by atoms with Crippen molar-refractivity contribution in [2.24, 2.45) is 0 Å². The maximum absolute atomic E-state index is 12.0. The predicted molar refractivity (Wildman–Crippen MR) is 30.0 cm³/mol. The van der Waals surface area contributed by atoms with Crippen molar-refractivity contribution < 1.29 is 18.3 Å². The van der Waals surface area contributed by atoms with Gasteiger partial charge in [0.25, 0.3) is 0 Å². The molecule has 56 valence electrons. The van der Waals surface area contributed by atoms with Crippen LogP contribution in [0.4, 0.5) is 8.78 Å². The van der Waals surface area contributed by atoms with E-state index in [9.17, 15) is 8.78 Å². The molecule has 10 heavy (non-hydrogen) atoms. The summed E-state index contributed by atoms with van der Waals surface area (Å²) < 4.78 is 32.5. The van der Waals surface area contributed by atoms with Crippen LogP contribution >= 0.6 is 0 Å². The molecule has 1 aliphatic rings. The second-order valence-corrected chi connectivity index (χ2v) is 1.74. The van der Waals surface area contributed by atoms with Crippen molar-refractivity contribution >= 4 is 0 Å². The zero-order chi connectivity index (χ0) is 7.56. The van der Waals surface area contributed by atoms with Crippen LogP contribution in [-0.4, -0.2) is 6.29 Å². The summed E-state index contributed by atoms with van der Waals surface area (Å²) in [5.74, 6) is 0. The highest BCUT2D eigenvalue weighted by Gasteiger charge is 2.26. The summed E-state index contributed by atoms with van der Waals surface area (Å²) in [4.78, 5) is 0. The molecule has 0 unspecified atom stereocenters. The maximum atomic E-state index is 12.0. The zero-order valence-corrected chi connectivity index (χ0v) is 5.14. The Morgan fingerprint density at radius 1 is 1.40 bits per heavy atom. The van der Waals surface area contributed by atoms with E-state index in [1.165, 1.54) is 6.08 Å². The number of hydrogen-bond acceptors (Lipinski definition) is 2. The van der Waals surface area contributed by atoms with Gasteiger partial charge in [-0.05, 0) is 0 Å². The summed E-state index contributed by atoms with van der Waals surface area (Å²) in [6, 6.07) is -2.57. The average molecular weight is 148 g/mol. The molecule has 0 aromatic rings. The van der Waals surface area contributed by atoms with Crippen molar-refractivity contribution in [2.75, 3.05) is 0 Å². The first-order valence-electron chi connectivity index (χ1n) is 2.73. The van der Waals surface area contributed by atoms with Crippen LogP contribution in [0.1, 0.15) is 6.42 Å². The van der Waals surface area contributed by atoms with Crippen molar-refractivity contribution in [3.63, 3.8) is 0 Å². The SMILES string of the molecule is C=CCC1OC(F)=C(F)O1. The molecule has 0 fully saturated rings. The maximum Gasteiger partial charge on any atom is 0.350 e. The fraction of sp³-hybridized carbons (Fsp3) is 0.333. The third-order valence-corrected chi connectivity index (χ3v) is 0.983. The Kier molecular flexibility index (Phi) is 1.89. The van der Waals surface area contributed by atoms with Crippen LogP contribution in [0.3, 0.4) is 0 Å². The van der Waals surface area contributed by atoms with Gasteiger partial charge in [0.05, 0.1) is 0 Å². The van der Waals surface area contributed by atoms with Gasteiger partial charge in [0, 0.05) is 6.42 Å². The molecule has 0 N–H and O–H groups in total. The lowest BCUT2D eigenvalue weighted by Gasteiger charge is -2.04. The summed E-state index contributed by atoms with van der Waals surface area (Å²) >= 11 is 0. The molecule has 0 atom stereocenters. The highest BCUT2D eigenvalue weighted by molar-refractivity contribution is 4.90. The largest absolute Gasteiger partial charge is 0.426 e. The van der Waals surface area contributed by atoms with Crippen molar-refractivity contribution in [1.29, 1.82) is 0 Å². The van der Waals surface area contributed by atoms with Gasteiger partial charge in [0.2, 0.25) is 6.29 Å². The molecule has 0 spiro atoms. The summed E-state index contributed by atoms with van der Waals surface area (Å²) in [5.41, 5.74) is 0. The first kappa shape index (κ1) is 7.05. The molecular weight excluding hydrogens is 142 g/mol. The van der Waals surface area contributed by atoms with Crippen LogP contribution in [0.2, 0.25) is 0 Å². The molecule has 1 aliphatic heterocycles. The molecule has 0 saturated heterocycles. The Morgan fingerprint density at radius 3 is 2.30 bits per heavy atom. The fourth-order valence-electron chi connectivity index (χ4n) is 0.580. The second kappa shape index (κ2) is 2.68. The van der Waals surface area contributed by atoms with Crippen molar-refractivity contribution in [3.05, 3.63) is 24.7 Å². The Labute approximate surface area is 56.7 Å². The number of halogens is 2. The smallest absolute Gasteiger partial charge is 0.350 e. The number of hydrogen-bond donors (Lipinski definition) is 0. The summed E-state index contributed by atoms with van der Waals surface area (Å²) in [6.45, 7) is 3.35. The molecule has 0 aliphatic carbocycles. The van der Waals surface area contributed by atoms with Gasteiger partial charge in [-0.15, -0.1) is 6.58 Å². The van der Waals surface area contributed by atoms with Crippen molar-refractivity contribution in [1.82, 2.24) is 0 Å². The minimum absolute atomic E-state index is 0.265. The predicted octanol–water partition coefficient (Wildman–Crippen LogP) is 2.00. The van der Waals surface area contributed by atoms with E-state index >= 15 is 0 Å². The Bertz CT molecular complexity index is 163. The summed E-state index contributed by atoms with van der Waals surface area (Å²) in [5, 5.41) is 0. The standard InChI is InChI=1S/C6H6F2O2/c1-2-3-4-9-5(7)6(8)10-4/h2,4H,1,3H2. The van der Waals surface area contributed by atoms with Crippen LogP contribution in [0.5, 0.6) is 0 Å². The van der Waals surface area contributed by atoms with Gasteiger partial charge in [-0.3, -0.25) is 0 Å². The Hall–Kier alpha value is -1.06. The molecule has 0 bridgehead atoms. The normalized spacial score (nSPS) is 18.6. The van der Waals surface area contributed by atoms with Crippen molar-refractivity contribution in [2.45, 2.75) is 12.7 Å². The van der Waals surface area contributed by atoms with Crippen molar-refractivity contribution in [3.8, 4) is 0 Å². The van der Waals surface area contributed by atoms with Gasteiger partial charge >= 0.3 is 12.0 Å². The molecule has 1 heterocycles. The van der Waals surface area contributed by atoms with E-state index < -0.39 is 18.3 Å². The van der Waals surface area contributed by atoms with Gasteiger partial charge in [-0.25, -0.2) is 0 Å². The third-order valence-electron chi connectivity index (χ3n) is 0.983. The molecule has 0 aromatic heterocycles. The van der Waals surface area contributed by atoms with Crippen LogP contribution in [0.15, 0.2) is 24.7 Å². The Balaban J connectivity index is 2.43. The zero-order valence-electron chi connectivity index (χ0n) is 5.14. The molecule has 2 nitrogen and oxygen atoms in total. The molecular formula is C6H6F2O2. The fourth-order valence-corrected chi connectivity index (χ4v) is 0.580. The lowest BCUT2D eigenvalue weighted by atomic mass is 10.4. The number of rotatable bonds is 2. The highest BCUT2D eigenvalue weighted by atomic mass is 19.2. The topological polar surface area (TPSA) is 18.5 Å². The molecule has 0 aromatic carbocycles. The van der Waals surface area contributed by atoms with Crippen LogP contribution in [0, 0.1) is 0 Å². The average Bonchev–Trinajstić information content (AvgIpc) is 2.14. The summed E-state index contributed by atoms with van der Waals surface area (Å²) in [7, 11) is 0. The second-order valence-electron chi connectivity index (χ2n) is 1.74. The number of ether oxygens (including phenoxy) is 2. The minimum Gasteiger partial charge on any atom is -0.426 e. The highest BCUT2D eigenvalue weighted by Crippen LogP contribution is 2.25. The van der Waals surface area contributed by atoms with E-state index in [0.29, 0.717) is 0 Å². The van der Waals surface area contributed by atoms with Gasteiger partial charge in [0.15, 0.2) is 0 Å². The van der Waals surface area contributed by atoms with E-state index in [0.717, 1.165) is 0 Å². The van der Waals surface area contributed by atoms with E-state index in [4.69, 9.17) is 0 Å². The van der Waals surface area contributed by atoms with E-state index in [1.54, 1.807) is 0 Å². The van der Waals surface area contributed by atoms with Gasteiger partial charge in [0.1, 0.15) is 0 Å². The lowest BCUT2D eigenvalue weighted by molar-refractivity contribution is -0.0574. The van der Waals surface area contributed by atoms with Crippen LogP contribution in [-0.2, 0) is 9.47 Å². The van der Waals surface area contributed by atoms with Crippen LogP contribution in [0.25, 0.3) is 0 Å². The first-order valence-corrected chi connectivity index (χ1v) is 2.73. The van der Waals surface area contributed by atoms with E-state index in [1.807, 2.05) is 0 Å². The monoisotopic (exact) mass is 148 g/mol. The van der Waals surface area contributed by atoms with Gasteiger partial charge < -0.3 is 9.47 Å². The van der Waals surface area contributed by atoms with Gasteiger partial charge in [-0.1, -0.05) is 6.08 Å². The van der Waals surface area contributed by atoms with Gasteiger partial charge in [-0.2, -0.15) is 8.78 Å². The molecule has 0 amide bonds. The Morgan fingerprint density at radius 2 is 1.90 bits per heavy atom. The molecule has 0 radical (unpaired) electrons. The van der Waals surface area contributed by atoms with E-state index in [2.05, 4.69) is 16.1 Å². The summed E-state index contributed by atoms with van der Waals surface area (Å²) in [6.07, 6.45) is 0.842.